The molecule has 1 aromatic heterocycles. The lowest BCUT2D eigenvalue weighted by Gasteiger charge is -2.07. The minimum absolute atomic E-state index is 0.175. The molecule has 0 saturated heterocycles. The summed E-state index contributed by atoms with van der Waals surface area (Å²) in [4.78, 5) is 8.25. The number of nitrogens with zero attached hydrogens (tertiary/aromatic N) is 2. The molecule has 0 saturated carbocycles. The topological polar surface area (TPSA) is 63.8 Å². The Morgan fingerprint density at radius 2 is 2.11 bits per heavy atom. The average molecular weight is 283 g/mol. The van der Waals surface area contributed by atoms with E-state index in [1.807, 2.05) is 0 Å². The fraction of sp³-hybridized carbons (Fsp3) is 0. The molecule has 0 aliphatic carbocycles. The van der Waals surface area contributed by atoms with Crippen LogP contribution in [0.5, 0.6) is 0 Å². The van der Waals surface area contributed by atoms with Crippen molar-refractivity contribution in [1.29, 1.82) is 0 Å². The Kier molecular flexibility index (Phi) is 3.69. The number of nitrogens with one attached hydrogen (secondary N) is 1. The molecule has 3 N–H and O–H groups in total. The lowest BCUT2D eigenvalue weighted by atomic mass is 10.3. The van der Waals surface area contributed by atoms with E-state index in [0.29, 0.717) is 17.2 Å². The van der Waals surface area contributed by atoms with E-state index in [1.54, 1.807) is 0 Å². The van der Waals surface area contributed by atoms with Gasteiger partial charge in [0.1, 0.15) is 22.3 Å². The highest BCUT2D eigenvalue weighted by molar-refractivity contribution is 7.80. The van der Waals surface area contributed by atoms with Gasteiger partial charge in [0.05, 0.1) is 23.1 Å². The van der Waals surface area contributed by atoms with Crippen LogP contribution in [0.25, 0.3) is 0 Å². The zero-order valence-corrected chi connectivity index (χ0v) is 10.6. The van der Waals surface area contributed by atoms with Gasteiger partial charge in [-0.1, -0.05) is 23.8 Å². The van der Waals surface area contributed by atoms with Crippen molar-refractivity contribution in [3.63, 3.8) is 0 Å². The van der Waals surface area contributed by atoms with Crippen LogP contribution in [-0.4, -0.2) is 15.0 Å². The molecule has 1 aromatic carbocycles. The second kappa shape index (κ2) is 5.24. The highest BCUT2D eigenvalue weighted by Crippen LogP contribution is 2.24. The monoisotopic (exact) mass is 282 g/mol. The smallest absolute Gasteiger partial charge is 0.148 e. The summed E-state index contributed by atoms with van der Waals surface area (Å²) in [7, 11) is 0. The van der Waals surface area contributed by atoms with Gasteiger partial charge in [-0.05, 0) is 18.2 Å². The highest BCUT2D eigenvalue weighted by atomic mass is 35.5. The third-order valence-corrected chi connectivity index (χ3v) is 2.62. The first-order valence-electron chi connectivity index (χ1n) is 4.90. The average Bonchev–Trinajstić information content (AvgIpc) is 2.33. The number of nitrogens with two attached hydrogens (primary N) is 1. The molecule has 4 nitrogen and oxygen atoms in total. The number of thiocarbonyl (C=S) groups is 1. The summed E-state index contributed by atoms with van der Waals surface area (Å²) < 4.78 is 12.9. The molecule has 0 spiro atoms. The molecule has 2 rings (SSSR count). The summed E-state index contributed by atoms with van der Waals surface area (Å²) in [6.07, 6.45) is 2.91. The van der Waals surface area contributed by atoms with Crippen molar-refractivity contribution in [3.8, 4) is 0 Å². The molecule has 0 aliphatic rings. The summed E-state index contributed by atoms with van der Waals surface area (Å²) in [5.74, 6) is 0.0592. The molecule has 0 aliphatic heterocycles. The number of halogens is 2. The summed E-state index contributed by atoms with van der Waals surface area (Å²) in [6, 6.07) is 4.02. The van der Waals surface area contributed by atoms with Gasteiger partial charge in [-0.2, -0.15) is 0 Å². The van der Waals surface area contributed by atoms with Gasteiger partial charge in [0.2, 0.25) is 0 Å². The fourth-order valence-electron chi connectivity index (χ4n) is 1.25. The molecule has 18 heavy (non-hydrogen) atoms. The van der Waals surface area contributed by atoms with Crippen molar-refractivity contribution in [2.45, 2.75) is 0 Å². The molecular weight excluding hydrogens is 275 g/mol. The van der Waals surface area contributed by atoms with Crippen molar-refractivity contribution in [1.82, 2.24) is 9.97 Å². The van der Waals surface area contributed by atoms with E-state index in [1.165, 1.54) is 30.6 Å². The number of hydrogen-bond acceptors (Lipinski definition) is 4. The molecule has 2 aromatic rings. The molecule has 0 unspecified atom stereocenters. The van der Waals surface area contributed by atoms with Gasteiger partial charge in [-0.3, -0.25) is 0 Å². The highest BCUT2D eigenvalue weighted by Gasteiger charge is 2.04. The van der Waals surface area contributed by atoms with E-state index in [2.05, 4.69) is 15.3 Å². The lowest BCUT2D eigenvalue weighted by Crippen LogP contribution is -2.12. The van der Waals surface area contributed by atoms with Crippen LogP contribution in [0.3, 0.4) is 0 Å². The van der Waals surface area contributed by atoms with E-state index in [4.69, 9.17) is 29.6 Å². The first-order chi connectivity index (χ1) is 8.56. The van der Waals surface area contributed by atoms with Gasteiger partial charge in [0.15, 0.2) is 0 Å². The van der Waals surface area contributed by atoms with Crippen LogP contribution in [0.4, 0.5) is 15.9 Å². The number of aromatic nitrogens is 2. The van der Waals surface area contributed by atoms with E-state index in [9.17, 15) is 4.39 Å². The van der Waals surface area contributed by atoms with Crippen molar-refractivity contribution < 1.29 is 4.39 Å². The van der Waals surface area contributed by atoms with Crippen LogP contribution >= 0.6 is 23.8 Å². The number of anilines is 2. The van der Waals surface area contributed by atoms with E-state index < -0.39 is 5.82 Å². The largest absolute Gasteiger partial charge is 0.388 e. The SMILES string of the molecule is NC(=S)c1cnc(Nc2ccc(F)cc2Cl)cn1. The van der Waals surface area contributed by atoms with Crippen molar-refractivity contribution in [2.75, 3.05) is 5.32 Å². The Morgan fingerprint density at radius 3 is 2.67 bits per heavy atom. The predicted molar refractivity (Wildman–Crippen MR) is 72.6 cm³/mol. The molecule has 1 heterocycles. The second-order valence-electron chi connectivity index (χ2n) is 3.40. The normalized spacial score (nSPS) is 10.1. The van der Waals surface area contributed by atoms with Crippen molar-refractivity contribution in [3.05, 3.63) is 47.1 Å². The van der Waals surface area contributed by atoms with Crippen LogP contribution < -0.4 is 11.1 Å². The molecular formula is C11H8ClFN4S. The number of benzene rings is 1. The summed E-state index contributed by atoms with van der Waals surface area (Å²) >= 11 is 10.6. The maximum atomic E-state index is 12.9. The van der Waals surface area contributed by atoms with Gasteiger partial charge in [-0.25, -0.2) is 14.4 Å². The van der Waals surface area contributed by atoms with Gasteiger partial charge >= 0.3 is 0 Å². The van der Waals surface area contributed by atoms with Gasteiger partial charge in [-0.15, -0.1) is 0 Å². The van der Waals surface area contributed by atoms with Crippen LogP contribution in [-0.2, 0) is 0 Å². The zero-order valence-electron chi connectivity index (χ0n) is 9.02. The Balaban J connectivity index is 2.21. The first-order valence-corrected chi connectivity index (χ1v) is 5.69. The van der Waals surface area contributed by atoms with Crippen molar-refractivity contribution >= 4 is 40.3 Å². The first kappa shape index (κ1) is 12.7. The van der Waals surface area contributed by atoms with Gasteiger partial charge in [0, 0.05) is 0 Å². The number of hydrogen-bond donors (Lipinski definition) is 2. The maximum Gasteiger partial charge on any atom is 0.148 e. The Bertz CT molecular complexity index is 588. The molecule has 92 valence electrons. The van der Waals surface area contributed by atoms with Crippen LogP contribution in [0.1, 0.15) is 5.69 Å². The Hall–Kier alpha value is -1.79. The molecule has 7 heteroatoms. The van der Waals surface area contributed by atoms with E-state index in [0.717, 1.165) is 0 Å². The minimum atomic E-state index is -0.402. The second-order valence-corrected chi connectivity index (χ2v) is 4.25. The third kappa shape index (κ3) is 2.91. The molecule has 0 fully saturated rings. The summed E-state index contributed by atoms with van der Waals surface area (Å²) in [5, 5.41) is 3.17. The predicted octanol–water partition coefficient (Wildman–Crippen LogP) is 2.65. The third-order valence-electron chi connectivity index (χ3n) is 2.10. The quantitative estimate of drug-likeness (QED) is 0.848. The molecule has 0 atom stereocenters. The lowest BCUT2D eigenvalue weighted by molar-refractivity contribution is 0.628. The van der Waals surface area contributed by atoms with Crippen LogP contribution in [0.15, 0.2) is 30.6 Å². The fourth-order valence-corrected chi connectivity index (χ4v) is 1.57. The van der Waals surface area contributed by atoms with Gasteiger partial charge in [0.25, 0.3) is 0 Å². The summed E-state index contributed by atoms with van der Waals surface area (Å²) in [5.41, 5.74) is 6.37. The van der Waals surface area contributed by atoms with E-state index >= 15 is 0 Å². The minimum Gasteiger partial charge on any atom is -0.388 e. The molecule has 0 amide bonds. The van der Waals surface area contributed by atoms with Crippen molar-refractivity contribution in [2.24, 2.45) is 5.73 Å². The summed E-state index contributed by atoms with van der Waals surface area (Å²) in [6.45, 7) is 0. The van der Waals surface area contributed by atoms with Crippen LogP contribution in [0.2, 0.25) is 5.02 Å². The maximum absolute atomic E-state index is 12.9. The Morgan fingerprint density at radius 1 is 1.33 bits per heavy atom. The molecule has 0 bridgehead atoms. The standard InChI is InChI=1S/C11H8ClFN4S/c12-7-3-6(13)1-2-8(7)17-10-5-15-9(4-16-10)11(14)18/h1-5H,(H2,14,18)(H,16,17). The van der Waals surface area contributed by atoms with Gasteiger partial charge < -0.3 is 11.1 Å². The number of rotatable bonds is 3. The molecule has 0 radical (unpaired) electrons. The Labute approximate surface area is 113 Å². The van der Waals surface area contributed by atoms with Crippen LogP contribution in [0, 0.1) is 5.82 Å². The van der Waals surface area contributed by atoms with E-state index in [-0.39, 0.29) is 10.0 Å². The zero-order chi connectivity index (χ0) is 13.1.